The van der Waals surface area contributed by atoms with Crippen LogP contribution in [0.3, 0.4) is 0 Å². The van der Waals surface area contributed by atoms with Gasteiger partial charge in [0.1, 0.15) is 0 Å². The molecular weight excluding hydrogens is 212 g/mol. The van der Waals surface area contributed by atoms with Gasteiger partial charge in [0.05, 0.1) is 6.54 Å². The van der Waals surface area contributed by atoms with Crippen molar-refractivity contribution in [2.45, 2.75) is 26.4 Å². The van der Waals surface area contributed by atoms with Gasteiger partial charge in [-0.25, -0.2) is 0 Å². The average Bonchev–Trinajstić information content (AvgIpc) is 2.72. The highest BCUT2D eigenvalue weighted by Gasteiger charge is 2.14. The molecule has 0 radical (unpaired) electrons. The van der Waals surface area contributed by atoms with Crippen molar-refractivity contribution in [3.8, 4) is 0 Å². The second-order valence-corrected chi connectivity index (χ2v) is 5.31. The molecule has 0 aromatic carbocycles. The van der Waals surface area contributed by atoms with Gasteiger partial charge in [0.2, 0.25) is 0 Å². The van der Waals surface area contributed by atoms with Gasteiger partial charge in [-0.05, 0) is 35.7 Å². The zero-order chi connectivity index (χ0) is 9.97. The monoisotopic (exact) mass is 226 g/mol. The predicted molar refractivity (Wildman–Crippen MR) is 65.3 cm³/mol. The Kier molecular flexibility index (Phi) is 3.13. The molecule has 14 heavy (non-hydrogen) atoms. The fourth-order valence-electron chi connectivity index (χ4n) is 1.30. The van der Waals surface area contributed by atoms with E-state index >= 15 is 0 Å². The summed E-state index contributed by atoms with van der Waals surface area (Å²) in [5, 5.41) is 8.81. The van der Waals surface area contributed by atoms with Gasteiger partial charge >= 0.3 is 0 Å². The van der Waals surface area contributed by atoms with E-state index < -0.39 is 0 Å². The lowest BCUT2D eigenvalue weighted by Crippen LogP contribution is -2.23. The van der Waals surface area contributed by atoms with E-state index in [-0.39, 0.29) is 0 Å². The number of nitrogens with zero attached hydrogens (tertiary/aromatic N) is 1. The Balaban J connectivity index is 1.97. The minimum Gasteiger partial charge on any atom is -0.362 e. The first-order valence-electron chi connectivity index (χ1n) is 4.71. The summed E-state index contributed by atoms with van der Waals surface area (Å²) in [6.07, 6.45) is 0. The molecule has 76 valence electrons. The van der Waals surface area contributed by atoms with Crippen LogP contribution in [0.1, 0.15) is 18.1 Å². The van der Waals surface area contributed by atoms with Gasteiger partial charge in [-0.3, -0.25) is 4.99 Å². The zero-order valence-corrected chi connectivity index (χ0v) is 10.0. The van der Waals surface area contributed by atoms with E-state index in [9.17, 15) is 0 Å². The molecule has 1 saturated heterocycles. The van der Waals surface area contributed by atoms with Crippen LogP contribution in [-0.4, -0.2) is 17.0 Å². The maximum absolute atomic E-state index is 4.55. The first-order chi connectivity index (χ1) is 6.75. The van der Waals surface area contributed by atoms with Crippen molar-refractivity contribution in [2.75, 3.05) is 5.75 Å². The van der Waals surface area contributed by atoms with Gasteiger partial charge in [0.25, 0.3) is 0 Å². The van der Waals surface area contributed by atoms with E-state index in [2.05, 4.69) is 34.9 Å². The summed E-state index contributed by atoms with van der Waals surface area (Å²) in [7, 11) is 0. The summed E-state index contributed by atoms with van der Waals surface area (Å²) in [5.41, 5.74) is 2.71. The maximum atomic E-state index is 4.55. The Bertz CT molecular complexity index is 344. The van der Waals surface area contributed by atoms with Crippen LogP contribution in [0.15, 0.2) is 15.8 Å². The number of hydrogen-bond donors (Lipinski definition) is 1. The fourth-order valence-corrected chi connectivity index (χ4v) is 3.07. The minimum atomic E-state index is 0.572. The molecule has 0 saturated carbocycles. The highest BCUT2D eigenvalue weighted by molar-refractivity contribution is 8.14. The summed E-state index contributed by atoms with van der Waals surface area (Å²) in [4.78, 5) is 4.55. The van der Waals surface area contributed by atoms with Gasteiger partial charge in [-0.2, -0.15) is 11.3 Å². The molecule has 1 aromatic rings. The lowest BCUT2D eigenvalue weighted by Gasteiger charge is -2.00. The standard InChI is InChI=1S/C10H14N2S2/c1-7-4-13-6-9(7)3-11-10-12-8(2)5-14-10/h4,6,8H,3,5H2,1-2H3,(H,11,12). The molecule has 4 heteroatoms. The Morgan fingerprint density at radius 1 is 1.57 bits per heavy atom. The summed E-state index contributed by atoms with van der Waals surface area (Å²) in [6.45, 7) is 5.15. The van der Waals surface area contributed by atoms with Crippen molar-refractivity contribution >= 4 is 28.3 Å². The molecule has 1 atom stereocenters. The van der Waals surface area contributed by atoms with Gasteiger partial charge in [-0.15, -0.1) is 0 Å². The molecular formula is C10H14N2S2. The van der Waals surface area contributed by atoms with Crippen molar-refractivity contribution in [2.24, 2.45) is 4.99 Å². The second kappa shape index (κ2) is 4.36. The van der Waals surface area contributed by atoms with E-state index in [0.29, 0.717) is 6.04 Å². The van der Waals surface area contributed by atoms with E-state index in [0.717, 1.165) is 17.5 Å². The van der Waals surface area contributed by atoms with Crippen LogP contribution in [-0.2, 0) is 6.54 Å². The number of thioether (sulfide) groups is 1. The molecule has 2 rings (SSSR count). The second-order valence-electron chi connectivity index (χ2n) is 3.56. The molecule has 2 heterocycles. The van der Waals surface area contributed by atoms with Crippen molar-refractivity contribution in [3.05, 3.63) is 21.9 Å². The Morgan fingerprint density at radius 2 is 2.43 bits per heavy atom. The SMILES string of the molecule is Cc1cscc1CN=C1NC(C)CS1. The normalized spacial score (nSPS) is 24.1. The predicted octanol–water partition coefficient (Wildman–Crippen LogP) is 2.64. The molecule has 0 amide bonds. The molecule has 1 unspecified atom stereocenters. The van der Waals surface area contributed by atoms with E-state index in [4.69, 9.17) is 0 Å². The number of rotatable bonds is 2. The van der Waals surface area contributed by atoms with Crippen molar-refractivity contribution in [1.82, 2.24) is 5.32 Å². The first kappa shape index (κ1) is 10.1. The molecule has 1 aliphatic heterocycles. The largest absolute Gasteiger partial charge is 0.362 e. The van der Waals surface area contributed by atoms with Crippen LogP contribution in [0.4, 0.5) is 0 Å². The first-order valence-corrected chi connectivity index (χ1v) is 6.64. The molecule has 1 fully saturated rings. The third kappa shape index (κ3) is 2.30. The maximum Gasteiger partial charge on any atom is 0.157 e. The number of hydrogen-bond acceptors (Lipinski definition) is 3. The minimum absolute atomic E-state index is 0.572. The number of amidine groups is 1. The number of aryl methyl sites for hydroxylation is 1. The van der Waals surface area contributed by atoms with Crippen LogP contribution in [0.5, 0.6) is 0 Å². The summed E-state index contributed by atoms with van der Waals surface area (Å²) >= 11 is 3.57. The molecule has 2 nitrogen and oxygen atoms in total. The quantitative estimate of drug-likeness (QED) is 0.838. The molecule has 0 bridgehead atoms. The average molecular weight is 226 g/mol. The number of thiophene rings is 1. The summed E-state index contributed by atoms with van der Waals surface area (Å²) in [5.74, 6) is 1.14. The van der Waals surface area contributed by atoms with Crippen LogP contribution in [0, 0.1) is 6.92 Å². The highest BCUT2D eigenvalue weighted by atomic mass is 32.2. The molecule has 1 aliphatic rings. The van der Waals surface area contributed by atoms with Crippen LogP contribution in [0.2, 0.25) is 0 Å². The third-order valence-corrected chi connectivity index (χ3v) is 4.29. The lowest BCUT2D eigenvalue weighted by atomic mass is 10.2. The lowest BCUT2D eigenvalue weighted by molar-refractivity contribution is 0.764. The Hall–Kier alpha value is -0.480. The van der Waals surface area contributed by atoms with Crippen molar-refractivity contribution in [3.63, 3.8) is 0 Å². The zero-order valence-electron chi connectivity index (χ0n) is 8.41. The van der Waals surface area contributed by atoms with Gasteiger partial charge in [0.15, 0.2) is 5.17 Å². The van der Waals surface area contributed by atoms with E-state index in [1.165, 1.54) is 11.1 Å². The van der Waals surface area contributed by atoms with E-state index in [1.54, 1.807) is 11.3 Å². The van der Waals surface area contributed by atoms with Gasteiger partial charge in [-0.1, -0.05) is 11.8 Å². The van der Waals surface area contributed by atoms with Crippen molar-refractivity contribution < 1.29 is 0 Å². The topological polar surface area (TPSA) is 24.4 Å². The van der Waals surface area contributed by atoms with E-state index in [1.807, 2.05) is 11.8 Å². The smallest absolute Gasteiger partial charge is 0.157 e. The number of aliphatic imine (C=N–C) groups is 1. The van der Waals surface area contributed by atoms with Crippen LogP contribution >= 0.6 is 23.1 Å². The van der Waals surface area contributed by atoms with Gasteiger partial charge in [0, 0.05) is 11.8 Å². The summed E-state index contributed by atoms with van der Waals surface area (Å²) in [6, 6.07) is 0.572. The Labute approximate surface area is 92.8 Å². The number of nitrogens with one attached hydrogen (secondary N) is 1. The highest BCUT2D eigenvalue weighted by Crippen LogP contribution is 2.17. The summed E-state index contributed by atoms with van der Waals surface area (Å²) < 4.78 is 0. The molecule has 0 aliphatic carbocycles. The van der Waals surface area contributed by atoms with Crippen molar-refractivity contribution in [1.29, 1.82) is 0 Å². The third-order valence-electron chi connectivity index (χ3n) is 2.19. The van der Waals surface area contributed by atoms with Crippen LogP contribution in [0.25, 0.3) is 0 Å². The molecule has 1 N–H and O–H groups in total. The molecule has 0 spiro atoms. The molecule has 1 aromatic heterocycles. The van der Waals surface area contributed by atoms with Crippen LogP contribution < -0.4 is 5.32 Å². The van der Waals surface area contributed by atoms with Gasteiger partial charge < -0.3 is 5.32 Å². The fraction of sp³-hybridized carbons (Fsp3) is 0.500. The Morgan fingerprint density at radius 3 is 3.00 bits per heavy atom.